The van der Waals surface area contributed by atoms with Gasteiger partial charge in [-0.3, -0.25) is 76.0 Å². The Kier molecular flexibility index (Phi) is 34.3. The van der Waals surface area contributed by atoms with Gasteiger partial charge in [-0.1, -0.05) is 27.7 Å². The molecule has 0 bridgehead atoms. The lowest BCUT2D eigenvalue weighted by atomic mass is 9.68. The first-order chi connectivity index (χ1) is 40.2. The van der Waals surface area contributed by atoms with Crippen LogP contribution in [0.25, 0.3) is 0 Å². The van der Waals surface area contributed by atoms with Crippen LogP contribution in [0.1, 0.15) is 147 Å². The maximum atomic E-state index is 13.0. The zero-order valence-corrected chi connectivity index (χ0v) is 54.5. The van der Waals surface area contributed by atoms with Gasteiger partial charge in [-0.05, 0) is 107 Å². The van der Waals surface area contributed by atoms with Crippen LogP contribution >= 0.6 is 0 Å². The van der Waals surface area contributed by atoms with E-state index in [4.69, 9.17) is 41.1 Å². The Morgan fingerprint density at radius 2 is 0.756 bits per heavy atom. The van der Waals surface area contributed by atoms with E-state index in [1.54, 1.807) is 20.8 Å². The van der Waals surface area contributed by atoms with Gasteiger partial charge in [0, 0.05) is 29.6 Å². The lowest BCUT2D eigenvalue weighted by Crippen LogP contribution is -2.53. The van der Waals surface area contributed by atoms with Crippen molar-refractivity contribution in [2.24, 2.45) is 81.3 Å². The lowest BCUT2D eigenvalue weighted by molar-refractivity contribution is -0.166. The minimum Gasteiger partial charge on any atom is -0.481 e. The van der Waals surface area contributed by atoms with Crippen LogP contribution in [0.4, 0.5) is 0 Å². The molecule has 35 nitrogen and oxygen atoms in total. The van der Waals surface area contributed by atoms with Gasteiger partial charge in [0.2, 0.25) is 35.4 Å². The summed E-state index contributed by atoms with van der Waals surface area (Å²) in [5, 5.41) is 72.7. The second-order valence-corrected chi connectivity index (χ2v) is 28.9. The van der Waals surface area contributed by atoms with Gasteiger partial charge in [-0.2, -0.15) is 25.3 Å². The van der Waals surface area contributed by atoms with Crippen LogP contribution in [0, 0.1) is 64.1 Å². The molecular weight excluding hydrogens is 1270 g/mol. The third-order valence-electron chi connectivity index (χ3n) is 14.5. The molecule has 0 spiro atoms. The Balaban J connectivity index is -0.00000127. The molecule has 11 atom stereocenters. The number of amides is 6. The molecule has 0 aliphatic carbocycles. The van der Waals surface area contributed by atoms with E-state index >= 15 is 0 Å². The Morgan fingerprint density at radius 1 is 0.433 bits per heavy atom. The van der Waals surface area contributed by atoms with E-state index in [0.29, 0.717) is 0 Å². The van der Waals surface area contributed by atoms with E-state index in [1.165, 1.54) is 48.5 Å². The number of nitrogens with one attached hydrogen (secondary N) is 3. The largest absolute Gasteiger partial charge is 0.481 e. The van der Waals surface area contributed by atoms with E-state index in [9.17, 15) is 113 Å². The highest BCUT2D eigenvalue weighted by Gasteiger charge is 2.50. The van der Waals surface area contributed by atoms with Crippen molar-refractivity contribution in [2.75, 3.05) is 17.3 Å². The van der Waals surface area contributed by atoms with Crippen molar-refractivity contribution < 1.29 is 137 Å². The smallest absolute Gasteiger partial charge is 0.310 e. The van der Waals surface area contributed by atoms with Gasteiger partial charge in [0.15, 0.2) is 0 Å². The first-order valence-corrected chi connectivity index (χ1v) is 32.3. The summed E-state index contributed by atoms with van der Waals surface area (Å²) in [7, 11) is -13.4. The SMILES string of the molecule is CCC(CC(C(=O)NC(C)(C)CS(=O)(=O)O)C(C(=O)O)C(C)C(=O)O)C(N)=O.CCC(CC(CC(C)(C(=O)O)C(CC(=O)O)C(=O)O)C(=O)NC(C)(C)CS(=O)(=O)O)C(N)=O.CCC(CC(CC(C)(CC(=O)O)C(=O)O)C(=O)NC(C)(C)CS(=O)(=O)O)C(N)=O. The van der Waals surface area contributed by atoms with Gasteiger partial charge in [-0.25, -0.2) is 0 Å². The van der Waals surface area contributed by atoms with Gasteiger partial charge in [0.1, 0.15) is 0 Å². The van der Waals surface area contributed by atoms with E-state index in [0.717, 1.165) is 13.8 Å². The predicted octanol–water partition coefficient (Wildman–Crippen LogP) is -0.106. The molecule has 0 saturated heterocycles. The molecule has 0 radical (unpaired) electrons. The molecule has 11 unspecified atom stereocenters. The number of hydrogen-bond acceptors (Lipinski definition) is 19. The van der Waals surface area contributed by atoms with Crippen molar-refractivity contribution in [3.63, 3.8) is 0 Å². The topological polar surface area (TPSA) is 641 Å². The second-order valence-electron chi connectivity index (χ2n) is 24.6. The summed E-state index contributed by atoms with van der Waals surface area (Å²) < 4.78 is 94.2. The van der Waals surface area contributed by atoms with Crippen molar-refractivity contribution in [3.8, 4) is 0 Å². The molecule has 0 fully saturated rings. The van der Waals surface area contributed by atoms with Crippen LogP contribution in [-0.4, -0.2) is 186 Å². The summed E-state index contributed by atoms with van der Waals surface area (Å²) in [4.78, 5) is 154. The van der Waals surface area contributed by atoms with Crippen LogP contribution in [0.3, 0.4) is 0 Å². The van der Waals surface area contributed by atoms with Crippen molar-refractivity contribution in [2.45, 2.75) is 164 Å². The number of carbonyl (C=O) groups excluding carboxylic acids is 6. The van der Waals surface area contributed by atoms with Crippen LogP contribution in [0.15, 0.2) is 0 Å². The van der Waals surface area contributed by atoms with E-state index in [-0.39, 0.29) is 38.5 Å². The summed E-state index contributed by atoms with van der Waals surface area (Å²) in [6, 6.07) is 0. The highest BCUT2D eigenvalue weighted by atomic mass is 32.2. The summed E-state index contributed by atoms with van der Waals surface area (Å²) >= 11 is 0. The van der Waals surface area contributed by atoms with Crippen LogP contribution in [0.5, 0.6) is 0 Å². The maximum absolute atomic E-state index is 13.0. The molecule has 0 aromatic heterocycles. The molecule has 0 aliphatic heterocycles. The maximum Gasteiger partial charge on any atom is 0.310 e. The van der Waals surface area contributed by atoms with E-state index < -0.39 is 231 Å². The minimum atomic E-state index is -4.51. The fourth-order valence-electron chi connectivity index (χ4n) is 9.85. The van der Waals surface area contributed by atoms with Crippen LogP contribution in [-0.2, 0) is 92.7 Å². The monoisotopic (exact) mass is 1360 g/mol. The number of aliphatic carboxylic acids is 7. The van der Waals surface area contributed by atoms with Gasteiger partial charge in [-0.15, -0.1) is 0 Å². The van der Waals surface area contributed by atoms with Crippen LogP contribution < -0.4 is 33.2 Å². The van der Waals surface area contributed by atoms with Crippen LogP contribution in [0.2, 0.25) is 0 Å². The summed E-state index contributed by atoms with van der Waals surface area (Å²) in [5.41, 5.74) is 7.48. The average Bonchev–Trinajstić information content (AvgIpc) is 1.08. The lowest BCUT2D eigenvalue weighted by Gasteiger charge is -2.35. The first-order valence-electron chi connectivity index (χ1n) is 27.5. The van der Waals surface area contributed by atoms with E-state index in [1.807, 2.05) is 0 Å². The van der Waals surface area contributed by atoms with Crippen molar-refractivity contribution >= 4 is 108 Å². The average molecular weight is 1360 g/mol. The molecule has 0 heterocycles. The van der Waals surface area contributed by atoms with Gasteiger partial charge in [0.25, 0.3) is 30.4 Å². The zero-order valence-electron chi connectivity index (χ0n) is 52.1. The minimum absolute atomic E-state index is 0.137. The van der Waals surface area contributed by atoms with Crippen molar-refractivity contribution in [1.29, 1.82) is 0 Å². The molecule has 90 heavy (non-hydrogen) atoms. The number of hydrogen-bond donors (Lipinski definition) is 16. The van der Waals surface area contributed by atoms with Gasteiger partial charge < -0.3 is 68.9 Å². The molecule has 0 saturated carbocycles. The summed E-state index contributed by atoms with van der Waals surface area (Å²) in [6.45, 7) is 16.0. The number of carboxylic acids is 7. The molecule has 19 N–H and O–H groups in total. The van der Waals surface area contributed by atoms with Crippen molar-refractivity contribution in [1.82, 2.24) is 16.0 Å². The Hall–Kier alpha value is -7.16. The second kappa shape index (κ2) is 35.4. The number of nitrogens with two attached hydrogens (primary N) is 3. The van der Waals surface area contributed by atoms with E-state index in [2.05, 4.69) is 16.0 Å². The Morgan fingerprint density at radius 3 is 1.00 bits per heavy atom. The molecule has 0 rings (SSSR count). The highest BCUT2D eigenvalue weighted by molar-refractivity contribution is 7.86. The number of carbonyl (C=O) groups is 13. The number of carboxylic acid groups (broad SMARTS) is 7. The normalized spacial score (nSPS) is 16.5. The van der Waals surface area contributed by atoms with Gasteiger partial charge in [0.05, 0.1) is 81.2 Å². The Labute approximate surface area is 521 Å². The Bertz CT molecular complexity index is 2970. The fraction of sp³-hybridized carbons (Fsp3) is 0.750. The molecule has 38 heteroatoms. The van der Waals surface area contributed by atoms with Gasteiger partial charge >= 0.3 is 41.8 Å². The molecule has 0 aromatic carbocycles. The standard InChI is InChI=1S/C19H32N2O11S.C17H30N2O9S.C16H28N2O9S/c1-5-10(14(20)24)6-11(15(25)21-18(2,3)9-33(30,31)32)8-19(4,17(28)29)12(16(26)27)7-13(22)23;1-5-10(13(18)22)6-11(7-17(4,15(24)25)8-12(20)21)14(23)19-16(2,3)9-29(26,27)28;1-5-9(12(17)19)6-10(11(15(23)24)8(2)14(21)22)13(20)18-16(3,4)7-28(25,26)27/h10-12H,5-9H2,1-4H3,(H2,20,24)(H,21,25)(H,22,23)(H,26,27)(H,28,29)(H,30,31,32);10-11H,5-9H2,1-4H3,(H2,18,22)(H,19,23)(H,20,21)(H,24,25)(H,26,27,28);8-11H,5-7H2,1-4H3,(H2,17,19)(H,18,20)(H,21,22)(H,23,24)(H,25,26,27). The molecule has 520 valence electrons. The highest BCUT2D eigenvalue weighted by Crippen LogP contribution is 2.40. The quantitative estimate of drug-likeness (QED) is 0.0356. The number of primary amides is 3. The third kappa shape index (κ3) is 33.1. The third-order valence-corrected chi connectivity index (χ3v) is 17.7. The molecule has 6 amide bonds. The van der Waals surface area contributed by atoms with Crippen molar-refractivity contribution in [3.05, 3.63) is 0 Å². The molecule has 0 aromatic rings. The summed E-state index contributed by atoms with van der Waals surface area (Å²) in [6.07, 6.45) is -2.98. The molecule has 0 aliphatic rings. The predicted molar refractivity (Wildman–Crippen MR) is 313 cm³/mol. The molecular formula is C52H90N6O29S3. The first kappa shape index (κ1) is 87.0. The number of rotatable bonds is 40. The fourth-order valence-corrected chi connectivity index (χ4v) is 12.8. The zero-order chi connectivity index (χ0) is 72.0. The summed E-state index contributed by atoms with van der Waals surface area (Å²) in [5.74, 6) is -29.7.